The maximum atomic E-state index is 12.9. The normalized spacial score (nSPS) is 22.9. The first-order valence-corrected chi connectivity index (χ1v) is 14.0. The molecule has 3 aromatic rings. The first-order valence-electron chi connectivity index (χ1n) is 13.6. The molecular weight excluding hydrogens is 530 g/mol. The Hall–Kier alpha value is -3.67. The quantitative estimate of drug-likeness (QED) is 0.433. The number of aliphatic imine (C=N–C) groups is 1. The number of fused-ring (bicyclic) bond motifs is 1. The van der Waals surface area contributed by atoms with Crippen LogP contribution in [0.4, 0.5) is 0 Å². The number of nitrogens with zero attached hydrogens (tertiary/aromatic N) is 8. The average molecular weight is 562 g/mol. The molecule has 0 spiro atoms. The first-order chi connectivity index (χ1) is 19.4. The highest BCUT2D eigenvalue weighted by Crippen LogP contribution is 2.44. The van der Waals surface area contributed by atoms with Gasteiger partial charge in [0.25, 0.3) is 5.91 Å². The summed E-state index contributed by atoms with van der Waals surface area (Å²) in [7, 11) is 0. The summed E-state index contributed by atoms with van der Waals surface area (Å²) in [5, 5.41) is 29.3. The summed E-state index contributed by atoms with van der Waals surface area (Å²) >= 11 is 6.19. The van der Waals surface area contributed by atoms with Gasteiger partial charge in [-0.25, -0.2) is 4.68 Å². The zero-order valence-corrected chi connectivity index (χ0v) is 23.1. The van der Waals surface area contributed by atoms with Gasteiger partial charge in [0.15, 0.2) is 0 Å². The van der Waals surface area contributed by atoms with Gasteiger partial charge in [-0.05, 0) is 72.0 Å². The number of allylic oxidation sites excluding steroid dienone is 4. The van der Waals surface area contributed by atoms with E-state index < -0.39 is 0 Å². The van der Waals surface area contributed by atoms with Crippen LogP contribution in [-0.4, -0.2) is 77.4 Å². The number of hydrogen-bond acceptors (Lipinski definition) is 8. The van der Waals surface area contributed by atoms with Gasteiger partial charge in [0.2, 0.25) is 0 Å². The van der Waals surface area contributed by atoms with Crippen LogP contribution in [0.25, 0.3) is 5.69 Å². The molecule has 3 atom stereocenters. The number of carbonyl (C=O) groups excluding carboxylic acids is 1. The fraction of sp³-hybridized carbons (Fsp3) is 0.429. The Bertz CT molecular complexity index is 1480. The number of aliphatic hydroxyl groups is 1. The van der Waals surface area contributed by atoms with Crippen molar-refractivity contribution in [3.8, 4) is 5.69 Å². The predicted octanol–water partition coefficient (Wildman–Crippen LogP) is 2.82. The third-order valence-corrected chi connectivity index (χ3v) is 8.18. The number of hydrogen-bond donors (Lipinski definition) is 2. The molecule has 11 nitrogen and oxygen atoms in total. The third-order valence-electron chi connectivity index (χ3n) is 7.94. The lowest BCUT2D eigenvalue weighted by Gasteiger charge is -2.21. The van der Waals surface area contributed by atoms with Crippen molar-refractivity contribution >= 4 is 23.2 Å². The number of rotatable bonds is 8. The van der Waals surface area contributed by atoms with Crippen LogP contribution in [0.1, 0.15) is 42.1 Å². The van der Waals surface area contributed by atoms with Crippen molar-refractivity contribution < 1.29 is 9.90 Å². The SMILES string of the molecule is CC1=C(Cn2cc(C(=O)NCc3cc(Cl)ccc3-n3cnnn3)cn2)C=CCC(CN2CCCC3[C@@H](O)[C@@H]3C2)=N1. The molecule has 1 aliphatic carbocycles. The summed E-state index contributed by atoms with van der Waals surface area (Å²) in [6.45, 7) is 5.65. The van der Waals surface area contributed by atoms with E-state index in [1.54, 1.807) is 29.2 Å². The number of tetrazole rings is 1. The van der Waals surface area contributed by atoms with E-state index in [1.165, 1.54) is 11.0 Å². The number of carbonyl (C=O) groups is 1. The molecule has 2 aliphatic heterocycles. The highest BCUT2D eigenvalue weighted by atomic mass is 35.5. The van der Waals surface area contributed by atoms with E-state index in [0.29, 0.717) is 29.0 Å². The molecule has 12 heteroatoms. The van der Waals surface area contributed by atoms with Crippen LogP contribution in [0.2, 0.25) is 5.02 Å². The molecule has 1 saturated heterocycles. The Morgan fingerprint density at radius 1 is 1.25 bits per heavy atom. The summed E-state index contributed by atoms with van der Waals surface area (Å²) in [6, 6.07) is 5.34. The first kappa shape index (κ1) is 26.5. The minimum atomic E-state index is -0.239. The zero-order chi connectivity index (χ0) is 27.6. The molecule has 1 saturated carbocycles. The second-order valence-corrected chi connectivity index (χ2v) is 11.2. The smallest absolute Gasteiger partial charge is 0.254 e. The lowest BCUT2D eigenvalue weighted by atomic mass is 10.1. The third kappa shape index (κ3) is 5.91. The van der Waals surface area contributed by atoms with Gasteiger partial charge in [-0.1, -0.05) is 23.8 Å². The number of aromatic nitrogens is 6. The molecule has 1 aromatic carbocycles. The number of nitrogens with one attached hydrogen (secondary N) is 1. The van der Waals surface area contributed by atoms with Crippen molar-refractivity contribution in [3.63, 3.8) is 0 Å². The van der Waals surface area contributed by atoms with Crippen LogP contribution < -0.4 is 5.32 Å². The van der Waals surface area contributed by atoms with Crippen LogP contribution in [-0.2, 0) is 13.1 Å². The Kier molecular flexibility index (Phi) is 7.59. The second-order valence-electron chi connectivity index (χ2n) is 10.7. The van der Waals surface area contributed by atoms with E-state index in [-0.39, 0.29) is 18.6 Å². The predicted molar refractivity (Wildman–Crippen MR) is 150 cm³/mol. The fourth-order valence-corrected chi connectivity index (χ4v) is 5.88. The standard InChI is InChI=1S/C28H32ClN9O2/c1-18-19(4-2-5-23(33-18)15-36-9-3-6-24-25(16-36)27(24)39)13-37-14-21(12-32-37)28(40)30-11-20-10-22(29)7-8-26(20)38-17-31-34-35-38/h2,4,7-8,10,12,14,17,24-25,27,39H,3,5-6,9,11,13,15-16H2,1H3,(H,30,40)/t24?,25-,27-/m1/s1. The minimum absolute atomic E-state index is 0.112. The minimum Gasteiger partial charge on any atom is -0.392 e. The molecule has 4 heterocycles. The number of benzene rings is 1. The molecule has 2 N–H and O–H groups in total. The number of likely N-dealkylation sites (tertiary alicyclic amines) is 1. The Labute approximate surface area is 237 Å². The lowest BCUT2D eigenvalue weighted by Crippen LogP contribution is -2.32. The van der Waals surface area contributed by atoms with Crippen molar-refractivity contribution in [3.05, 3.63) is 76.5 Å². The van der Waals surface area contributed by atoms with E-state index in [2.05, 4.69) is 43.0 Å². The van der Waals surface area contributed by atoms with Gasteiger partial charge in [0.05, 0.1) is 30.1 Å². The summed E-state index contributed by atoms with van der Waals surface area (Å²) in [5.74, 6) is 0.694. The molecule has 6 rings (SSSR count). The maximum Gasteiger partial charge on any atom is 0.254 e. The molecule has 1 unspecified atom stereocenters. The van der Waals surface area contributed by atoms with Crippen LogP contribution >= 0.6 is 11.6 Å². The van der Waals surface area contributed by atoms with Gasteiger partial charge < -0.3 is 10.4 Å². The molecule has 1 amide bonds. The molecule has 2 fully saturated rings. The van der Waals surface area contributed by atoms with Gasteiger partial charge in [0.1, 0.15) is 6.33 Å². The molecule has 208 valence electrons. The van der Waals surface area contributed by atoms with E-state index in [4.69, 9.17) is 16.6 Å². The number of aliphatic hydroxyl groups excluding tert-OH is 1. The summed E-state index contributed by atoms with van der Waals surface area (Å²) in [6.07, 6.45) is 12.0. The monoisotopic (exact) mass is 561 g/mol. The van der Waals surface area contributed by atoms with Crippen molar-refractivity contribution in [2.75, 3.05) is 19.6 Å². The topological polar surface area (TPSA) is 126 Å². The van der Waals surface area contributed by atoms with Crippen molar-refractivity contribution in [1.82, 2.24) is 40.2 Å². The van der Waals surface area contributed by atoms with Crippen molar-refractivity contribution in [2.45, 2.75) is 45.4 Å². The number of amides is 1. The summed E-state index contributed by atoms with van der Waals surface area (Å²) in [5.41, 5.74) is 5.14. The number of halogens is 1. The molecule has 40 heavy (non-hydrogen) atoms. The molecule has 0 bridgehead atoms. The van der Waals surface area contributed by atoms with Gasteiger partial charge in [-0.2, -0.15) is 5.10 Å². The van der Waals surface area contributed by atoms with E-state index in [0.717, 1.165) is 67.1 Å². The second kappa shape index (κ2) is 11.4. The molecule has 0 radical (unpaired) electrons. The molecule has 2 aromatic heterocycles. The summed E-state index contributed by atoms with van der Waals surface area (Å²) in [4.78, 5) is 20.3. The van der Waals surface area contributed by atoms with Crippen LogP contribution in [0.5, 0.6) is 0 Å². The lowest BCUT2D eigenvalue weighted by molar-refractivity contribution is 0.0951. The van der Waals surface area contributed by atoms with Crippen LogP contribution in [0.3, 0.4) is 0 Å². The zero-order valence-electron chi connectivity index (χ0n) is 22.3. The average Bonchev–Trinajstić information content (AvgIpc) is 3.26. The Morgan fingerprint density at radius 3 is 3.00 bits per heavy atom. The van der Waals surface area contributed by atoms with E-state index in [1.807, 2.05) is 13.0 Å². The highest BCUT2D eigenvalue weighted by molar-refractivity contribution is 6.30. The highest BCUT2D eigenvalue weighted by Gasteiger charge is 2.50. The molecular formula is C28H32ClN9O2. The van der Waals surface area contributed by atoms with Crippen LogP contribution in [0, 0.1) is 11.8 Å². The Balaban J connectivity index is 1.08. The van der Waals surface area contributed by atoms with Gasteiger partial charge >= 0.3 is 0 Å². The maximum absolute atomic E-state index is 12.9. The van der Waals surface area contributed by atoms with Crippen LogP contribution in [0.15, 0.2) is 65.3 Å². The van der Waals surface area contributed by atoms with Gasteiger partial charge in [0, 0.05) is 54.6 Å². The van der Waals surface area contributed by atoms with E-state index in [9.17, 15) is 9.90 Å². The molecule has 3 aliphatic rings. The van der Waals surface area contributed by atoms with Crippen molar-refractivity contribution in [1.29, 1.82) is 0 Å². The van der Waals surface area contributed by atoms with Crippen molar-refractivity contribution in [2.24, 2.45) is 16.8 Å². The van der Waals surface area contributed by atoms with E-state index >= 15 is 0 Å². The largest absolute Gasteiger partial charge is 0.392 e. The fourth-order valence-electron chi connectivity index (χ4n) is 5.68. The van der Waals surface area contributed by atoms with Gasteiger partial charge in [-0.3, -0.25) is 19.4 Å². The Morgan fingerprint density at radius 2 is 2.15 bits per heavy atom. The summed E-state index contributed by atoms with van der Waals surface area (Å²) < 4.78 is 3.29. The van der Waals surface area contributed by atoms with Gasteiger partial charge in [-0.15, -0.1) is 5.10 Å².